The minimum Gasteiger partial charge on any atom is -0.497 e. The molecule has 0 saturated carbocycles. The fraction of sp³-hybridized carbons (Fsp3) is 0.778. The van der Waals surface area contributed by atoms with Crippen molar-refractivity contribution in [3.8, 4) is 0 Å². The second kappa shape index (κ2) is 4.39. The van der Waals surface area contributed by atoms with E-state index in [1.54, 1.807) is 0 Å². The van der Waals surface area contributed by atoms with Crippen molar-refractivity contribution in [2.45, 2.75) is 19.3 Å². The first-order chi connectivity index (χ1) is 5.29. The van der Waals surface area contributed by atoms with E-state index in [1.807, 2.05) is 0 Å². The SMILES string of the molecule is CN(C)CCOC1=CCCC1. The van der Waals surface area contributed by atoms with Crippen LogP contribution in [0, 0.1) is 0 Å². The second-order valence-electron chi connectivity index (χ2n) is 3.21. The monoisotopic (exact) mass is 155 g/mol. The standard InChI is InChI=1S/C9H17NO/c1-10(2)7-8-11-9-5-3-4-6-9/h5H,3-4,6-8H2,1-2H3. The lowest BCUT2D eigenvalue weighted by atomic mass is 10.4. The van der Waals surface area contributed by atoms with Gasteiger partial charge in [0.15, 0.2) is 0 Å². The Labute approximate surface area is 68.8 Å². The molecule has 0 fully saturated rings. The van der Waals surface area contributed by atoms with Gasteiger partial charge in [0.05, 0.1) is 5.76 Å². The van der Waals surface area contributed by atoms with Crippen LogP contribution in [0.1, 0.15) is 19.3 Å². The van der Waals surface area contributed by atoms with Crippen molar-refractivity contribution in [3.05, 3.63) is 11.8 Å². The van der Waals surface area contributed by atoms with E-state index in [0.29, 0.717) is 0 Å². The Hall–Kier alpha value is -0.500. The normalized spacial score (nSPS) is 17.2. The largest absolute Gasteiger partial charge is 0.497 e. The van der Waals surface area contributed by atoms with E-state index < -0.39 is 0 Å². The van der Waals surface area contributed by atoms with Gasteiger partial charge in [0, 0.05) is 13.0 Å². The predicted octanol–water partition coefficient (Wildman–Crippen LogP) is 1.63. The summed E-state index contributed by atoms with van der Waals surface area (Å²) in [4.78, 5) is 2.13. The minimum atomic E-state index is 0.832. The number of ether oxygens (including phenoxy) is 1. The molecule has 0 N–H and O–H groups in total. The van der Waals surface area contributed by atoms with Crippen molar-refractivity contribution >= 4 is 0 Å². The Bertz CT molecular complexity index is 140. The maximum atomic E-state index is 5.53. The highest BCUT2D eigenvalue weighted by Crippen LogP contribution is 2.17. The number of likely N-dealkylation sites (N-methyl/N-ethyl adjacent to an activating group) is 1. The Morgan fingerprint density at radius 3 is 2.91 bits per heavy atom. The van der Waals surface area contributed by atoms with Crippen LogP contribution in [0.2, 0.25) is 0 Å². The Morgan fingerprint density at radius 1 is 1.55 bits per heavy atom. The molecule has 0 aromatic carbocycles. The third kappa shape index (κ3) is 3.42. The molecule has 0 aromatic rings. The lowest BCUT2D eigenvalue weighted by molar-refractivity contribution is 0.179. The zero-order valence-electron chi connectivity index (χ0n) is 7.47. The molecule has 0 aromatic heterocycles. The summed E-state index contributed by atoms with van der Waals surface area (Å²) in [5, 5.41) is 0. The van der Waals surface area contributed by atoms with Gasteiger partial charge in [-0.2, -0.15) is 0 Å². The minimum absolute atomic E-state index is 0.832. The second-order valence-corrected chi connectivity index (χ2v) is 3.21. The first-order valence-corrected chi connectivity index (χ1v) is 4.25. The molecule has 2 heteroatoms. The van der Waals surface area contributed by atoms with E-state index >= 15 is 0 Å². The van der Waals surface area contributed by atoms with E-state index in [4.69, 9.17) is 4.74 Å². The molecule has 2 nitrogen and oxygen atoms in total. The molecule has 64 valence electrons. The number of hydrogen-bond donors (Lipinski definition) is 0. The van der Waals surface area contributed by atoms with E-state index in [2.05, 4.69) is 25.1 Å². The zero-order valence-corrected chi connectivity index (χ0v) is 7.47. The summed E-state index contributed by atoms with van der Waals surface area (Å²) in [6, 6.07) is 0. The molecule has 0 bridgehead atoms. The van der Waals surface area contributed by atoms with Crippen molar-refractivity contribution in [3.63, 3.8) is 0 Å². The fourth-order valence-electron chi connectivity index (χ4n) is 1.13. The van der Waals surface area contributed by atoms with Crippen LogP contribution in [-0.4, -0.2) is 32.1 Å². The number of rotatable bonds is 4. The van der Waals surface area contributed by atoms with Gasteiger partial charge < -0.3 is 9.64 Å². The lowest BCUT2D eigenvalue weighted by Crippen LogP contribution is -2.17. The van der Waals surface area contributed by atoms with Crippen LogP contribution < -0.4 is 0 Å². The van der Waals surface area contributed by atoms with Crippen LogP contribution in [0.3, 0.4) is 0 Å². The number of nitrogens with zero attached hydrogens (tertiary/aromatic N) is 1. The van der Waals surface area contributed by atoms with Gasteiger partial charge in [0.1, 0.15) is 6.61 Å². The molecule has 0 aliphatic heterocycles. The first kappa shape index (κ1) is 8.60. The van der Waals surface area contributed by atoms with Gasteiger partial charge in [-0.3, -0.25) is 0 Å². The van der Waals surface area contributed by atoms with Crippen molar-refractivity contribution in [1.29, 1.82) is 0 Å². The van der Waals surface area contributed by atoms with Crippen LogP contribution in [-0.2, 0) is 4.74 Å². The quantitative estimate of drug-likeness (QED) is 0.612. The number of hydrogen-bond acceptors (Lipinski definition) is 2. The number of allylic oxidation sites excluding steroid dienone is 2. The highest BCUT2D eigenvalue weighted by atomic mass is 16.5. The Balaban J connectivity index is 2.03. The predicted molar refractivity (Wildman–Crippen MR) is 46.4 cm³/mol. The third-order valence-electron chi connectivity index (χ3n) is 1.83. The highest BCUT2D eigenvalue weighted by molar-refractivity contribution is 4.99. The third-order valence-corrected chi connectivity index (χ3v) is 1.83. The molecule has 0 radical (unpaired) electrons. The van der Waals surface area contributed by atoms with Gasteiger partial charge in [-0.05, 0) is 33.0 Å². The van der Waals surface area contributed by atoms with E-state index in [9.17, 15) is 0 Å². The van der Waals surface area contributed by atoms with Crippen molar-refractivity contribution in [2.24, 2.45) is 0 Å². The van der Waals surface area contributed by atoms with Crippen LogP contribution in [0.5, 0.6) is 0 Å². The highest BCUT2D eigenvalue weighted by Gasteiger charge is 2.04. The molecule has 11 heavy (non-hydrogen) atoms. The fourth-order valence-corrected chi connectivity index (χ4v) is 1.13. The van der Waals surface area contributed by atoms with Gasteiger partial charge in [-0.25, -0.2) is 0 Å². The van der Waals surface area contributed by atoms with Gasteiger partial charge >= 0.3 is 0 Å². The van der Waals surface area contributed by atoms with Gasteiger partial charge in [-0.15, -0.1) is 0 Å². The molecule has 0 atom stereocenters. The first-order valence-electron chi connectivity index (χ1n) is 4.25. The van der Waals surface area contributed by atoms with Gasteiger partial charge in [0.2, 0.25) is 0 Å². The summed E-state index contributed by atoms with van der Waals surface area (Å²) in [5.74, 6) is 1.20. The van der Waals surface area contributed by atoms with Crippen LogP contribution in [0.25, 0.3) is 0 Å². The van der Waals surface area contributed by atoms with Crippen LogP contribution in [0.4, 0.5) is 0 Å². The molecule has 0 unspecified atom stereocenters. The van der Waals surface area contributed by atoms with Gasteiger partial charge in [0.25, 0.3) is 0 Å². The summed E-state index contributed by atoms with van der Waals surface area (Å²) < 4.78 is 5.53. The summed E-state index contributed by atoms with van der Waals surface area (Å²) in [6.07, 6.45) is 5.83. The van der Waals surface area contributed by atoms with E-state index in [-0.39, 0.29) is 0 Å². The molecule has 1 aliphatic carbocycles. The molecule has 0 spiro atoms. The van der Waals surface area contributed by atoms with Crippen molar-refractivity contribution in [2.75, 3.05) is 27.2 Å². The van der Waals surface area contributed by atoms with E-state index in [1.165, 1.54) is 18.6 Å². The average molecular weight is 155 g/mol. The molecule has 0 heterocycles. The van der Waals surface area contributed by atoms with Gasteiger partial charge in [-0.1, -0.05) is 0 Å². The smallest absolute Gasteiger partial charge is 0.100 e. The average Bonchev–Trinajstić information content (AvgIpc) is 2.39. The van der Waals surface area contributed by atoms with Crippen LogP contribution >= 0.6 is 0 Å². The maximum Gasteiger partial charge on any atom is 0.100 e. The Morgan fingerprint density at radius 2 is 2.36 bits per heavy atom. The topological polar surface area (TPSA) is 12.5 Å². The molecular formula is C9H17NO. The van der Waals surface area contributed by atoms with Crippen molar-refractivity contribution in [1.82, 2.24) is 4.90 Å². The summed E-state index contributed by atoms with van der Waals surface area (Å²) >= 11 is 0. The molecule has 1 rings (SSSR count). The zero-order chi connectivity index (χ0) is 8.10. The molecule has 0 saturated heterocycles. The summed E-state index contributed by atoms with van der Waals surface area (Å²) in [5.41, 5.74) is 0. The lowest BCUT2D eigenvalue weighted by Gasteiger charge is -2.11. The molecule has 0 amide bonds. The van der Waals surface area contributed by atoms with Crippen molar-refractivity contribution < 1.29 is 4.74 Å². The molecular weight excluding hydrogens is 138 g/mol. The Kier molecular flexibility index (Phi) is 3.43. The summed E-state index contributed by atoms with van der Waals surface area (Å²) in [6.45, 7) is 1.84. The molecule has 1 aliphatic rings. The maximum absolute atomic E-state index is 5.53. The van der Waals surface area contributed by atoms with Crippen LogP contribution in [0.15, 0.2) is 11.8 Å². The summed E-state index contributed by atoms with van der Waals surface area (Å²) in [7, 11) is 4.12. The van der Waals surface area contributed by atoms with E-state index in [0.717, 1.165) is 19.6 Å².